The summed E-state index contributed by atoms with van der Waals surface area (Å²) in [5.74, 6) is 4.56. The fourth-order valence-electron chi connectivity index (χ4n) is 1.57. The van der Waals surface area contributed by atoms with Gasteiger partial charge in [0.15, 0.2) is 11.5 Å². The van der Waals surface area contributed by atoms with E-state index in [1.807, 2.05) is 12.1 Å². The number of hydrogen-bond acceptors (Lipinski definition) is 3. The molecule has 16 heavy (non-hydrogen) atoms. The fourth-order valence-corrected chi connectivity index (χ4v) is 1.57. The molecule has 0 amide bonds. The number of terminal acetylenes is 1. The van der Waals surface area contributed by atoms with Crippen molar-refractivity contribution in [2.24, 2.45) is 0 Å². The molecule has 0 saturated heterocycles. The third kappa shape index (κ3) is 2.40. The Hall–Kier alpha value is -1.82. The van der Waals surface area contributed by atoms with E-state index >= 15 is 0 Å². The second-order valence-electron chi connectivity index (χ2n) is 3.20. The van der Waals surface area contributed by atoms with Gasteiger partial charge in [-0.15, -0.1) is 12.3 Å². The van der Waals surface area contributed by atoms with E-state index in [1.165, 1.54) is 0 Å². The largest absolute Gasteiger partial charge is 0.493 e. The van der Waals surface area contributed by atoms with Gasteiger partial charge in [0.2, 0.25) is 5.75 Å². The average Bonchev–Trinajstić information content (AvgIpc) is 2.34. The monoisotopic (exact) mass is 220 g/mol. The van der Waals surface area contributed by atoms with Gasteiger partial charge in [0, 0.05) is 6.42 Å². The van der Waals surface area contributed by atoms with E-state index in [4.69, 9.17) is 20.6 Å². The van der Waals surface area contributed by atoms with Crippen molar-refractivity contribution in [2.75, 3.05) is 21.3 Å². The van der Waals surface area contributed by atoms with Crippen LogP contribution in [0.1, 0.15) is 12.0 Å². The van der Waals surface area contributed by atoms with Gasteiger partial charge in [-0.3, -0.25) is 0 Å². The lowest BCUT2D eigenvalue weighted by Crippen LogP contribution is -1.98. The zero-order valence-electron chi connectivity index (χ0n) is 9.87. The third-order valence-corrected chi connectivity index (χ3v) is 2.32. The number of aryl methyl sites for hydroxylation is 1. The van der Waals surface area contributed by atoms with Crippen molar-refractivity contribution in [1.82, 2.24) is 0 Å². The molecule has 0 saturated carbocycles. The second kappa shape index (κ2) is 5.92. The van der Waals surface area contributed by atoms with Crippen molar-refractivity contribution in [1.29, 1.82) is 0 Å². The number of benzene rings is 1. The van der Waals surface area contributed by atoms with E-state index in [1.54, 1.807) is 21.3 Å². The normalized spacial score (nSPS) is 9.38. The molecule has 0 N–H and O–H groups in total. The van der Waals surface area contributed by atoms with Crippen LogP contribution in [0.2, 0.25) is 0 Å². The maximum absolute atomic E-state index is 5.33. The average molecular weight is 220 g/mol. The SMILES string of the molecule is C#CCCc1ccc(OC)c(OC)c1OC. The minimum absolute atomic E-state index is 0.611. The van der Waals surface area contributed by atoms with Crippen molar-refractivity contribution in [2.45, 2.75) is 12.8 Å². The summed E-state index contributed by atoms with van der Waals surface area (Å²) in [6.07, 6.45) is 6.68. The van der Waals surface area contributed by atoms with Crippen molar-refractivity contribution >= 4 is 0 Å². The van der Waals surface area contributed by atoms with Crippen LogP contribution in [0.25, 0.3) is 0 Å². The van der Waals surface area contributed by atoms with Crippen LogP contribution in [-0.2, 0) is 6.42 Å². The minimum atomic E-state index is 0.611. The molecule has 0 heterocycles. The number of methoxy groups -OCH3 is 3. The molecule has 0 fully saturated rings. The van der Waals surface area contributed by atoms with Gasteiger partial charge < -0.3 is 14.2 Å². The van der Waals surface area contributed by atoms with Crippen molar-refractivity contribution in [3.05, 3.63) is 17.7 Å². The van der Waals surface area contributed by atoms with E-state index in [0.717, 1.165) is 12.0 Å². The molecule has 1 aromatic carbocycles. The highest BCUT2D eigenvalue weighted by Crippen LogP contribution is 2.40. The Morgan fingerprint density at radius 3 is 2.25 bits per heavy atom. The zero-order chi connectivity index (χ0) is 12.0. The minimum Gasteiger partial charge on any atom is -0.493 e. The van der Waals surface area contributed by atoms with Crippen molar-refractivity contribution < 1.29 is 14.2 Å². The molecule has 0 unspecified atom stereocenters. The molecule has 1 aromatic rings. The Morgan fingerprint density at radius 1 is 1.06 bits per heavy atom. The molecule has 0 aromatic heterocycles. The summed E-state index contributed by atoms with van der Waals surface area (Å²) in [6.45, 7) is 0. The van der Waals surface area contributed by atoms with E-state index in [9.17, 15) is 0 Å². The molecule has 1 rings (SSSR count). The molecular formula is C13H16O3. The first-order chi connectivity index (χ1) is 7.78. The Morgan fingerprint density at radius 2 is 1.75 bits per heavy atom. The van der Waals surface area contributed by atoms with E-state index < -0.39 is 0 Å². The summed E-state index contributed by atoms with van der Waals surface area (Å²) in [5.41, 5.74) is 1.03. The maximum Gasteiger partial charge on any atom is 0.203 e. The summed E-state index contributed by atoms with van der Waals surface area (Å²) in [5, 5.41) is 0. The zero-order valence-corrected chi connectivity index (χ0v) is 9.87. The quantitative estimate of drug-likeness (QED) is 0.712. The smallest absolute Gasteiger partial charge is 0.203 e. The van der Waals surface area contributed by atoms with Gasteiger partial charge in [0.25, 0.3) is 0 Å². The topological polar surface area (TPSA) is 27.7 Å². The lowest BCUT2D eigenvalue weighted by molar-refractivity contribution is 0.322. The Balaban J connectivity index is 3.16. The lowest BCUT2D eigenvalue weighted by Gasteiger charge is -2.15. The van der Waals surface area contributed by atoms with E-state index in [2.05, 4.69) is 5.92 Å². The van der Waals surface area contributed by atoms with E-state index in [0.29, 0.717) is 23.7 Å². The summed E-state index contributed by atoms with van der Waals surface area (Å²) in [7, 11) is 4.79. The first-order valence-corrected chi connectivity index (χ1v) is 4.99. The van der Waals surface area contributed by atoms with Gasteiger partial charge in [-0.1, -0.05) is 6.07 Å². The van der Waals surface area contributed by atoms with Crippen LogP contribution in [0.3, 0.4) is 0 Å². The molecule has 0 spiro atoms. The Kier molecular flexibility index (Phi) is 4.53. The Labute approximate surface area is 96.3 Å². The third-order valence-electron chi connectivity index (χ3n) is 2.32. The van der Waals surface area contributed by atoms with Gasteiger partial charge in [-0.05, 0) is 18.1 Å². The highest BCUT2D eigenvalue weighted by atomic mass is 16.5. The van der Waals surface area contributed by atoms with Crippen LogP contribution in [0, 0.1) is 12.3 Å². The van der Waals surface area contributed by atoms with Gasteiger partial charge >= 0.3 is 0 Å². The molecule has 0 bridgehead atoms. The summed E-state index contributed by atoms with van der Waals surface area (Å²) in [6, 6.07) is 3.80. The van der Waals surface area contributed by atoms with Gasteiger partial charge in [-0.2, -0.15) is 0 Å². The molecule has 0 aliphatic rings. The van der Waals surface area contributed by atoms with Crippen LogP contribution in [0.15, 0.2) is 12.1 Å². The highest BCUT2D eigenvalue weighted by molar-refractivity contribution is 5.55. The molecule has 0 atom stereocenters. The van der Waals surface area contributed by atoms with Crippen LogP contribution in [-0.4, -0.2) is 21.3 Å². The Bertz CT molecular complexity index is 391. The van der Waals surface area contributed by atoms with Crippen molar-refractivity contribution in [3.63, 3.8) is 0 Å². The van der Waals surface area contributed by atoms with Gasteiger partial charge in [0.05, 0.1) is 21.3 Å². The summed E-state index contributed by atoms with van der Waals surface area (Å²) < 4.78 is 15.8. The summed E-state index contributed by atoms with van der Waals surface area (Å²) in [4.78, 5) is 0. The highest BCUT2D eigenvalue weighted by Gasteiger charge is 2.14. The molecular weight excluding hydrogens is 204 g/mol. The summed E-state index contributed by atoms with van der Waals surface area (Å²) >= 11 is 0. The lowest BCUT2D eigenvalue weighted by atomic mass is 10.1. The van der Waals surface area contributed by atoms with Crippen LogP contribution in [0.4, 0.5) is 0 Å². The van der Waals surface area contributed by atoms with E-state index in [-0.39, 0.29) is 0 Å². The molecule has 3 nitrogen and oxygen atoms in total. The first kappa shape index (κ1) is 12.3. The number of ether oxygens (including phenoxy) is 3. The van der Waals surface area contributed by atoms with Crippen molar-refractivity contribution in [3.8, 4) is 29.6 Å². The van der Waals surface area contributed by atoms with Crippen LogP contribution >= 0.6 is 0 Å². The second-order valence-corrected chi connectivity index (χ2v) is 3.20. The van der Waals surface area contributed by atoms with Crippen LogP contribution < -0.4 is 14.2 Å². The van der Waals surface area contributed by atoms with Gasteiger partial charge in [0.1, 0.15) is 0 Å². The standard InChI is InChI=1S/C13H16O3/c1-5-6-7-10-8-9-11(14-2)13(16-4)12(10)15-3/h1,8-9H,6-7H2,2-4H3. The number of rotatable bonds is 5. The maximum atomic E-state index is 5.33. The molecule has 0 radical (unpaired) electrons. The molecule has 0 aliphatic carbocycles. The molecule has 3 heteroatoms. The first-order valence-electron chi connectivity index (χ1n) is 4.99. The fraction of sp³-hybridized carbons (Fsp3) is 0.385. The van der Waals surface area contributed by atoms with Gasteiger partial charge in [-0.25, -0.2) is 0 Å². The molecule has 86 valence electrons. The molecule has 0 aliphatic heterocycles. The van der Waals surface area contributed by atoms with Crippen LogP contribution in [0.5, 0.6) is 17.2 Å². The predicted molar refractivity (Wildman–Crippen MR) is 63.3 cm³/mol. The number of hydrogen-bond donors (Lipinski definition) is 0. The predicted octanol–water partition coefficient (Wildman–Crippen LogP) is 2.28.